The minimum Gasteiger partial charge on any atom is -0.0795 e. The predicted molar refractivity (Wildman–Crippen MR) is 253 cm³/mol. The van der Waals surface area contributed by atoms with Crippen LogP contribution in [-0.4, -0.2) is 0 Å². The van der Waals surface area contributed by atoms with Crippen molar-refractivity contribution in [2.24, 2.45) is 5.92 Å². The van der Waals surface area contributed by atoms with Crippen molar-refractivity contribution in [3.8, 4) is 22.3 Å². The summed E-state index contributed by atoms with van der Waals surface area (Å²) in [6.45, 7) is 0. The van der Waals surface area contributed by atoms with Crippen molar-refractivity contribution >= 4 is 37.9 Å². The smallest absolute Gasteiger partial charge is 0.0714 e. The average Bonchev–Trinajstić information content (AvgIpc) is 3.57. The standard InChI is InChI=1S/C61H40/c1-3-37-9-15-45-27-49(28-46-16-10-38(4-1)57(37)59(45)46)43-21-25-53-54-26-22-44(50-29-47-17-11-39-5-2-6-40-12-18-48(30-50)60(47)58(39)40)34-56(54)61(55(53)33-43,51-23-19-35-7-13-41(35)31-51)52-24-20-36-8-14-42(36)32-52/h1-5,9-12,15-34,60H,6-8,13-14H2. The Morgan fingerprint density at radius 2 is 1.10 bits per heavy atom. The van der Waals surface area contributed by atoms with E-state index < -0.39 is 5.41 Å². The maximum absolute atomic E-state index is 2.58. The van der Waals surface area contributed by atoms with E-state index in [1.807, 2.05) is 0 Å². The van der Waals surface area contributed by atoms with Gasteiger partial charge in [0.25, 0.3) is 0 Å². The molecule has 0 heteroatoms. The molecule has 8 aromatic carbocycles. The first kappa shape index (κ1) is 32.8. The van der Waals surface area contributed by atoms with Gasteiger partial charge in [0.15, 0.2) is 0 Å². The van der Waals surface area contributed by atoms with E-state index in [0.29, 0.717) is 5.92 Å². The highest BCUT2D eigenvalue weighted by atomic mass is 14.5. The van der Waals surface area contributed by atoms with Gasteiger partial charge in [-0.3, -0.25) is 0 Å². The average molecular weight is 773 g/mol. The molecule has 61 heavy (non-hydrogen) atoms. The van der Waals surface area contributed by atoms with Gasteiger partial charge >= 0.3 is 0 Å². The third-order valence-electron chi connectivity index (χ3n) is 15.7. The van der Waals surface area contributed by atoms with Crippen LogP contribution in [0, 0.1) is 5.92 Å². The molecule has 0 saturated heterocycles. The molecule has 0 aromatic heterocycles. The highest BCUT2D eigenvalue weighted by Crippen LogP contribution is 2.59. The van der Waals surface area contributed by atoms with Gasteiger partial charge in [-0.15, -0.1) is 0 Å². The van der Waals surface area contributed by atoms with Gasteiger partial charge in [-0.1, -0.05) is 152 Å². The Bertz CT molecular complexity index is 3480. The summed E-state index contributed by atoms with van der Waals surface area (Å²) in [7, 11) is 0. The van der Waals surface area contributed by atoms with E-state index in [1.54, 1.807) is 0 Å². The van der Waals surface area contributed by atoms with E-state index in [2.05, 4.69) is 176 Å². The number of hydrogen-bond acceptors (Lipinski definition) is 0. The molecule has 7 aliphatic rings. The van der Waals surface area contributed by atoms with Gasteiger partial charge in [-0.2, -0.15) is 0 Å². The summed E-state index contributed by atoms with van der Waals surface area (Å²) in [5.41, 5.74) is 26.1. The minimum absolute atomic E-state index is 0.329. The second-order valence-electron chi connectivity index (χ2n) is 18.6. The Balaban J connectivity index is 0.969. The summed E-state index contributed by atoms with van der Waals surface area (Å²) < 4.78 is 0. The number of rotatable bonds is 4. The highest BCUT2D eigenvalue weighted by Gasteiger charge is 2.47. The molecular formula is C61H40. The largest absolute Gasteiger partial charge is 0.0795 e. The highest BCUT2D eigenvalue weighted by molar-refractivity contribution is 6.23. The Hall–Kier alpha value is -7.02. The van der Waals surface area contributed by atoms with E-state index in [4.69, 9.17) is 0 Å². The normalized spacial score (nSPS) is 19.3. The molecule has 284 valence electrons. The van der Waals surface area contributed by atoms with Crippen molar-refractivity contribution < 1.29 is 0 Å². The summed E-state index contributed by atoms with van der Waals surface area (Å²) in [5, 5.41) is 7.97. The molecule has 0 bridgehead atoms. The van der Waals surface area contributed by atoms with Gasteiger partial charge in [0.2, 0.25) is 0 Å². The minimum atomic E-state index is -0.479. The monoisotopic (exact) mass is 772 g/mol. The molecule has 8 aromatic rings. The third-order valence-corrected chi connectivity index (χ3v) is 15.7. The molecule has 0 spiro atoms. The van der Waals surface area contributed by atoms with E-state index in [-0.39, 0.29) is 0 Å². The van der Waals surface area contributed by atoms with E-state index in [1.165, 1.54) is 151 Å². The second kappa shape index (κ2) is 11.6. The van der Waals surface area contributed by atoms with Crippen molar-refractivity contribution in [2.75, 3.05) is 0 Å². The van der Waals surface area contributed by atoms with Crippen LogP contribution in [0.15, 0.2) is 204 Å². The second-order valence-corrected chi connectivity index (χ2v) is 18.6. The molecular weight excluding hydrogens is 733 g/mol. The fraction of sp³-hybridized carbons (Fsp3) is 0.115. The molecule has 0 heterocycles. The number of allylic oxidation sites excluding steroid dienone is 14. The van der Waals surface area contributed by atoms with Crippen LogP contribution in [0.5, 0.6) is 0 Å². The Morgan fingerprint density at radius 3 is 1.77 bits per heavy atom. The first-order chi connectivity index (χ1) is 30.2. The lowest BCUT2D eigenvalue weighted by Gasteiger charge is -2.37. The summed E-state index contributed by atoms with van der Waals surface area (Å²) in [6.07, 6.45) is 24.8. The number of hydrogen-bond donors (Lipinski definition) is 0. The lowest BCUT2D eigenvalue weighted by atomic mass is 9.64. The van der Waals surface area contributed by atoms with Gasteiger partial charge in [0.05, 0.1) is 5.41 Å². The van der Waals surface area contributed by atoms with Crippen molar-refractivity contribution in [1.29, 1.82) is 0 Å². The number of fused-ring (bicyclic) bond motifs is 5. The van der Waals surface area contributed by atoms with Gasteiger partial charge in [-0.25, -0.2) is 0 Å². The van der Waals surface area contributed by atoms with Crippen molar-refractivity contribution in [3.05, 3.63) is 254 Å². The van der Waals surface area contributed by atoms with Crippen LogP contribution in [-0.2, 0) is 31.1 Å². The Labute approximate surface area is 355 Å². The van der Waals surface area contributed by atoms with Crippen LogP contribution < -0.4 is 0 Å². The van der Waals surface area contributed by atoms with Crippen molar-refractivity contribution in [3.63, 3.8) is 0 Å². The molecule has 0 aliphatic heterocycles. The zero-order valence-electron chi connectivity index (χ0n) is 33.9. The maximum atomic E-state index is 2.58. The predicted octanol–water partition coefficient (Wildman–Crippen LogP) is 14.4. The van der Waals surface area contributed by atoms with Gasteiger partial charge < -0.3 is 0 Å². The van der Waals surface area contributed by atoms with Crippen LogP contribution in [0.2, 0.25) is 0 Å². The van der Waals surface area contributed by atoms with Gasteiger partial charge in [0.1, 0.15) is 0 Å². The summed E-state index contributed by atoms with van der Waals surface area (Å²) in [5.74, 6) is 0.329. The quantitative estimate of drug-likeness (QED) is 0.156. The van der Waals surface area contributed by atoms with Crippen LogP contribution in [0.1, 0.15) is 56.5 Å². The van der Waals surface area contributed by atoms with E-state index >= 15 is 0 Å². The first-order valence-electron chi connectivity index (χ1n) is 22.3. The molecule has 1 unspecified atom stereocenters. The van der Waals surface area contributed by atoms with Crippen LogP contribution >= 0.6 is 0 Å². The zero-order valence-corrected chi connectivity index (χ0v) is 33.9. The summed E-state index contributed by atoms with van der Waals surface area (Å²) in [6, 6.07) is 50.6. The van der Waals surface area contributed by atoms with Crippen LogP contribution in [0.3, 0.4) is 0 Å². The summed E-state index contributed by atoms with van der Waals surface area (Å²) in [4.78, 5) is 0. The maximum Gasteiger partial charge on any atom is 0.0714 e. The molecule has 1 atom stereocenters. The number of aryl methyl sites for hydroxylation is 4. The van der Waals surface area contributed by atoms with Gasteiger partial charge in [0, 0.05) is 5.92 Å². The molecule has 15 rings (SSSR count). The number of benzene rings is 8. The van der Waals surface area contributed by atoms with Crippen molar-refractivity contribution in [1.82, 2.24) is 0 Å². The molecule has 0 N–H and O–H groups in total. The third kappa shape index (κ3) is 4.30. The van der Waals surface area contributed by atoms with E-state index in [0.717, 1.165) is 19.3 Å². The van der Waals surface area contributed by atoms with E-state index in [9.17, 15) is 0 Å². The first-order valence-corrected chi connectivity index (χ1v) is 22.3. The molecule has 0 amide bonds. The topological polar surface area (TPSA) is 0 Å². The Kier molecular flexibility index (Phi) is 6.25. The Morgan fingerprint density at radius 1 is 0.459 bits per heavy atom. The zero-order chi connectivity index (χ0) is 39.6. The molecule has 0 nitrogen and oxygen atoms in total. The fourth-order valence-corrected chi connectivity index (χ4v) is 12.5. The SMILES string of the molecule is C1=CC2=C3C(=CC=C4C=C(c5ccc6c(c5)C(c5ccc7c(c5)CC7)(c5ccc7c(c5)CC7)c5cc(-c7cc8ccc9cccc%10ccc(c7)c8c9%10)ccc5-6)C=C(C=C2)C43)C1. The molecule has 0 radical (unpaired) electrons. The van der Waals surface area contributed by atoms with Gasteiger partial charge in [-0.05, 0) is 194 Å². The lowest BCUT2D eigenvalue weighted by molar-refractivity contribution is 0.740. The summed E-state index contributed by atoms with van der Waals surface area (Å²) >= 11 is 0. The molecule has 0 saturated carbocycles. The molecule has 7 aliphatic carbocycles. The lowest BCUT2D eigenvalue weighted by Crippen LogP contribution is -2.30. The fourth-order valence-electron chi connectivity index (χ4n) is 12.5. The van der Waals surface area contributed by atoms with Crippen LogP contribution in [0.25, 0.3) is 60.1 Å². The van der Waals surface area contributed by atoms with Crippen molar-refractivity contribution in [2.45, 2.75) is 37.5 Å². The molecule has 0 fully saturated rings. The van der Waals surface area contributed by atoms with Crippen LogP contribution in [0.4, 0.5) is 0 Å².